The van der Waals surface area contributed by atoms with E-state index in [4.69, 9.17) is 5.73 Å². The largest absolute Gasteiger partial charge is 0.396 e. The van der Waals surface area contributed by atoms with Crippen molar-refractivity contribution in [1.29, 1.82) is 0 Å². The first-order valence-corrected chi connectivity index (χ1v) is 9.95. The number of carbonyl (C=O) groups is 1. The van der Waals surface area contributed by atoms with Gasteiger partial charge in [-0.05, 0) is 68.7 Å². The molecule has 4 N–H and O–H groups in total. The van der Waals surface area contributed by atoms with E-state index in [1.165, 1.54) is 42.5 Å². The average molecular weight is 397 g/mol. The van der Waals surface area contributed by atoms with Crippen LogP contribution in [0.3, 0.4) is 0 Å². The molecule has 5 nitrogen and oxygen atoms in total. The van der Waals surface area contributed by atoms with Crippen molar-refractivity contribution in [2.75, 3.05) is 5.73 Å². The molecule has 154 valence electrons. The molecule has 0 spiro atoms. The zero-order valence-electron chi connectivity index (χ0n) is 17.5. The average Bonchev–Trinajstić information content (AvgIpc) is 2.97. The van der Waals surface area contributed by atoms with Gasteiger partial charge in [-0.15, -0.1) is 0 Å². The number of amides is 1. The Kier molecular flexibility index (Phi) is 5.91. The van der Waals surface area contributed by atoms with Crippen LogP contribution in [0.1, 0.15) is 63.9 Å². The molecular weight excluding hydrogens is 367 g/mol. The number of halogens is 1. The summed E-state index contributed by atoms with van der Waals surface area (Å²) in [7, 11) is 0. The number of nitrogens with one attached hydrogen (secondary N) is 2. The lowest BCUT2D eigenvalue weighted by molar-refractivity contribution is 0.0952. The van der Waals surface area contributed by atoms with E-state index in [0.717, 1.165) is 12.0 Å². The number of aromatic amines is 1. The summed E-state index contributed by atoms with van der Waals surface area (Å²) in [6, 6.07) is 4.17. The molecule has 0 saturated heterocycles. The van der Waals surface area contributed by atoms with Gasteiger partial charge >= 0.3 is 0 Å². The van der Waals surface area contributed by atoms with E-state index < -0.39 is 11.7 Å². The number of hydrazone groups is 1. The lowest BCUT2D eigenvalue weighted by Crippen LogP contribution is -2.20. The molecule has 0 bridgehead atoms. The molecule has 1 aliphatic rings. The molecule has 0 radical (unpaired) electrons. The maximum absolute atomic E-state index is 13.4. The highest BCUT2D eigenvalue weighted by Crippen LogP contribution is 2.41. The summed E-state index contributed by atoms with van der Waals surface area (Å²) in [6.45, 7) is 8.80. The number of nitrogens with zero attached hydrogens (tertiary/aromatic N) is 1. The minimum absolute atomic E-state index is 0.175. The van der Waals surface area contributed by atoms with E-state index in [2.05, 4.69) is 42.4 Å². The normalized spacial score (nSPS) is 17.3. The van der Waals surface area contributed by atoms with Crippen LogP contribution in [-0.2, 0) is 0 Å². The van der Waals surface area contributed by atoms with E-state index in [1.807, 2.05) is 6.92 Å². The number of hydrogen-bond donors (Lipinski definition) is 3. The fraction of sp³-hybridized carbons (Fsp3) is 0.391. The first-order chi connectivity index (χ1) is 13.7. The van der Waals surface area contributed by atoms with Crippen LogP contribution in [0.5, 0.6) is 0 Å². The van der Waals surface area contributed by atoms with Crippen LogP contribution in [0, 0.1) is 11.2 Å². The maximum atomic E-state index is 13.4. The highest BCUT2D eigenvalue weighted by Gasteiger charge is 2.27. The molecule has 6 heteroatoms. The number of aromatic nitrogens is 1. The molecule has 2 aromatic rings. The van der Waals surface area contributed by atoms with Gasteiger partial charge in [0.25, 0.3) is 5.91 Å². The molecule has 0 aliphatic heterocycles. The van der Waals surface area contributed by atoms with Crippen LogP contribution in [0.2, 0.25) is 0 Å². The maximum Gasteiger partial charge on any atom is 0.289 e. The number of nitrogen functional groups attached to an aromatic ring is 1. The van der Waals surface area contributed by atoms with E-state index in [1.54, 1.807) is 12.3 Å². The van der Waals surface area contributed by atoms with Crippen molar-refractivity contribution in [2.24, 2.45) is 10.5 Å². The molecule has 0 fully saturated rings. The predicted molar refractivity (Wildman–Crippen MR) is 117 cm³/mol. The number of rotatable bonds is 5. The second-order valence-corrected chi connectivity index (χ2v) is 8.45. The SMILES string of the molecule is CC1=C(C/C=C(C)/C=N\NC(=O)c2[nH]c3ccc(F)cc3c2N)C(C)(C)CCC1. The fourth-order valence-corrected chi connectivity index (χ4v) is 4.05. The summed E-state index contributed by atoms with van der Waals surface area (Å²) in [5.74, 6) is -0.865. The number of H-pyrrole nitrogens is 1. The zero-order chi connectivity index (χ0) is 21.2. The van der Waals surface area contributed by atoms with Gasteiger partial charge in [-0.25, -0.2) is 9.82 Å². The van der Waals surface area contributed by atoms with Gasteiger partial charge in [0.15, 0.2) is 0 Å². The second-order valence-electron chi connectivity index (χ2n) is 8.45. The Balaban J connectivity index is 1.65. The van der Waals surface area contributed by atoms with Crippen LogP contribution in [0.4, 0.5) is 10.1 Å². The quantitative estimate of drug-likeness (QED) is 0.356. The summed E-state index contributed by atoms with van der Waals surface area (Å²) >= 11 is 0. The number of hydrogen-bond acceptors (Lipinski definition) is 3. The van der Waals surface area contributed by atoms with Gasteiger partial charge < -0.3 is 10.7 Å². The summed E-state index contributed by atoms with van der Waals surface area (Å²) < 4.78 is 13.4. The third-order valence-electron chi connectivity index (χ3n) is 5.78. The minimum Gasteiger partial charge on any atom is -0.396 e. The molecule has 1 aromatic carbocycles. The highest BCUT2D eigenvalue weighted by molar-refractivity contribution is 6.07. The molecule has 29 heavy (non-hydrogen) atoms. The minimum atomic E-state index is -0.463. The lowest BCUT2D eigenvalue weighted by Gasteiger charge is -2.34. The van der Waals surface area contributed by atoms with Crippen LogP contribution < -0.4 is 11.2 Å². The topological polar surface area (TPSA) is 83.3 Å². The summed E-state index contributed by atoms with van der Waals surface area (Å²) in [5.41, 5.74) is 13.6. The third-order valence-corrected chi connectivity index (χ3v) is 5.78. The standard InChI is InChI=1S/C23H29FN4O/c1-14(7-9-18-15(2)6-5-11-23(18,3)4)13-26-28-22(29)21-20(25)17-12-16(24)8-10-19(17)27-21/h7-8,10,12-13,27H,5-6,9,11,25H2,1-4H3,(H,28,29)/b14-7+,26-13-. The smallest absolute Gasteiger partial charge is 0.289 e. The molecule has 1 aliphatic carbocycles. The summed E-state index contributed by atoms with van der Waals surface area (Å²) in [4.78, 5) is 15.3. The zero-order valence-corrected chi connectivity index (χ0v) is 17.5. The highest BCUT2D eigenvalue weighted by atomic mass is 19.1. The van der Waals surface area contributed by atoms with E-state index in [0.29, 0.717) is 10.9 Å². The molecule has 1 heterocycles. The third kappa shape index (κ3) is 4.58. The molecule has 1 amide bonds. The molecular formula is C23H29FN4O. The molecule has 0 atom stereocenters. The monoisotopic (exact) mass is 396 g/mol. The van der Waals surface area contributed by atoms with Gasteiger partial charge in [0.05, 0.1) is 5.69 Å². The number of nitrogens with two attached hydrogens (primary N) is 1. The van der Waals surface area contributed by atoms with E-state index in [9.17, 15) is 9.18 Å². The Morgan fingerprint density at radius 3 is 2.90 bits per heavy atom. The molecule has 0 unspecified atom stereocenters. The Morgan fingerprint density at radius 1 is 1.41 bits per heavy atom. The van der Waals surface area contributed by atoms with Crippen molar-refractivity contribution in [1.82, 2.24) is 10.4 Å². The first-order valence-electron chi connectivity index (χ1n) is 9.95. The van der Waals surface area contributed by atoms with Gasteiger partial charge in [0.1, 0.15) is 11.5 Å². The van der Waals surface area contributed by atoms with Crippen molar-refractivity contribution >= 4 is 28.7 Å². The van der Waals surface area contributed by atoms with Crippen molar-refractivity contribution in [3.05, 3.63) is 52.5 Å². The molecule has 3 rings (SSSR count). The van der Waals surface area contributed by atoms with Gasteiger partial charge in [-0.3, -0.25) is 4.79 Å². The van der Waals surface area contributed by atoms with Crippen molar-refractivity contribution in [3.63, 3.8) is 0 Å². The van der Waals surface area contributed by atoms with E-state index in [-0.39, 0.29) is 16.8 Å². The Morgan fingerprint density at radius 2 is 2.17 bits per heavy atom. The number of carbonyl (C=O) groups excluding carboxylic acids is 1. The Labute approximate surface area is 170 Å². The van der Waals surface area contributed by atoms with Crippen molar-refractivity contribution in [3.8, 4) is 0 Å². The van der Waals surface area contributed by atoms with Crippen LogP contribution >= 0.6 is 0 Å². The number of allylic oxidation sites excluding steroid dienone is 4. The Hall–Kier alpha value is -2.89. The van der Waals surface area contributed by atoms with Gasteiger partial charge in [0, 0.05) is 17.1 Å². The summed E-state index contributed by atoms with van der Waals surface area (Å²) in [5, 5.41) is 4.52. The molecule has 1 aromatic heterocycles. The van der Waals surface area contributed by atoms with Gasteiger partial charge in [-0.1, -0.05) is 31.1 Å². The lowest BCUT2D eigenvalue weighted by atomic mass is 9.71. The number of benzene rings is 1. The Bertz CT molecular complexity index is 1030. The van der Waals surface area contributed by atoms with Gasteiger partial charge in [0.2, 0.25) is 0 Å². The predicted octanol–water partition coefficient (Wildman–Crippen LogP) is 5.47. The fourth-order valence-electron chi connectivity index (χ4n) is 4.05. The molecule has 0 saturated carbocycles. The van der Waals surface area contributed by atoms with Crippen LogP contribution in [0.15, 0.2) is 46.1 Å². The van der Waals surface area contributed by atoms with Crippen LogP contribution in [-0.4, -0.2) is 17.1 Å². The first kappa shape index (κ1) is 20.8. The van der Waals surface area contributed by atoms with E-state index >= 15 is 0 Å². The number of anilines is 1. The van der Waals surface area contributed by atoms with Gasteiger partial charge in [-0.2, -0.15) is 5.10 Å². The van der Waals surface area contributed by atoms with Crippen molar-refractivity contribution < 1.29 is 9.18 Å². The summed E-state index contributed by atoms with van der Waals surface area (Å²) in [6.07, 6.45) is 8.30. The van der Waals surface area contributed by atoms with Crippen LogP contribution in [0.25, 0.3) is 10.9 Å². The van der Waals surface area contributed by atoms with Crippen molar-refractivity contribution in [2.45, 2.75) is 53.4 Å². The second kappa shape index (κ2) is 8.23. The number of fused-ring (bicyclic) bond motifs is 1.